The van der Waals surface area contributed by atoms with E-state index >= 15 is 0 Å². The van der Waals surface area contributed by atoms with E-state index in [1.807, 2.05) is 0 Å². The summed E-state index contributed by atoms with van der Waals surface area (Å²) in [6, 6.07) is 3.20. The van der Waals surface area contributed by atoms with Crippen molar-refractivity contribution >= 4 is 15.7 Å². The van der Waals surface area contributed by atoms with Crippen molar-refractivity contribution in [3.05, 3.63) is 24.0 Å². The van der Waals surface area contributed by atoms with E-state index in [1.54, 1.807) is 20.8 Å². The average Bonchev–Trinajstić information content (AvgIpc) is 1.97. The lowest BCUT2D eigenvalue weighted by Gasteiger charge is -2.20. The van der Waals surface area contributed by atoms with Crippen molar-refractivity contribution < 1.29 is 12.8 Å². The molecule has 0 amide bonds. The third kappa shape index (κ3) is 3.18. The van der Waals surface area contributed by atoms with Crippen molar-refractivity contribution in [3.63, 3.8) is 0 Å². The molecule has 0 saturated carbocycles. The van der Waals surface area contributed by atoms with Gasteiger partial charge in [0.2, 0.25) is 10.0 Å². The van der Waals surface area contributed by atoms with E-state index in [2.05, 4.69) is 4.72 Å². The van der Waals surface area contributed by atoms with Crippen molar-refractivity contribution in [1.82, 2.24) is 4.72 Å². The van der Waals surface area contributed by atoms with Crippen LogP contribution >= 0.6 is 0 Å². The van der Waals surface area contributed by atoms with E-state index in [1.165, 1.54) is 0 Å². The van der Waals surface area contributed by atoms with Crippen molar-refractivity contribution in [1.29, 1.82) is 0 Å². The highest BCUT2D eigenvalue weighted by molar-refractivity contribution is 7.89. The summed E-state index contributed by atoms with van der Waals surface area (Å²) in [7, 11) is -3.71. The first-order valence-electron chi connectivity index (χ1n) is 4.71. The lowest BCUT2D eigenvalue weighted by molar-refractivity contribution is 0.491. The maximum absolute atomic E-state index is 12.8. The third-order valence-corrected chi connectivity index (χ3v) is 3.53. The Morgan fingerprint density at radius 3 is 2.31 bits per heavy atom. The van der Waals surface area contributed by atoms with Gasteiger partial charge < -0.3 is 5.73 Å². The number of hydrogen-bond donors (Lipinski definition) is 2. The molecule has 0 saturated heterocycles. The van der Waals surface area contributed by atoms with Crippen LogP contribution in [0, 0.1) is 5.82 Å². The number of sulfonamides is 1. The van der Waals surface area contributed by atoms with Gasteiger partial charge in [-0.25, -0.2) is 17.5 Å². The Bertz CT molecular complexity index is 492. The van der Waals surface area contributed by atoms with Crippen molar-refractivity contribution in [3.8, 4) is 0 Å². The summed E-state index contributed by atoms with van der Waals surface area (Å²) in [5.41, 5.74) is 4.76. The molecule has 4 nitrogen and oxygen atoms in total. The van der Waals surface area contributed by atoms with Crippen LogP contribution in [-0.2, 0) is 10.0 Å². The number of anilines is 1. The van der Waals surface area contributed by atoms with Gasteiger partial charge in [-0.3, -0.25) is 0 Å². The summed E-state index contributed by atoms with van der Waals surface area (Å²) in [6.07, 6.45) is 0. The Kier molecular flexibility index (Phi) is 3.25. The van der Waals surface area contributed by atoms with Gasteiger partial charge in [-0.1, -0.05) is 0 Å². The standard InChI is InChI=1S/C10H15FN2O2S/c1-10(2,3)13-16(14,15)9-5-4-7(11)6-8(9)12/h4-6,13H,12H2,1-3H3. The van der Waals surface area contributed by atoms with Gasteiger partial charge in [-0.05, 0) is 39.0 Å². The largest absolute Gasteiger partial charge is 0.398 e. The third-order valence-electron chi connectivity index (χ3n) is 1.70. The molecule has 16 heavy (non-hydrogen) atoms. The molecule has 1 aromatic carbocycles. The summed E-state index contributed by atoms with van der Waals surface area (Å²) >= 11 is 0. The second kappa shape index (κ2) is 4.03. The molecule has 3 N–H and O–H groups in total. The van der Waals surface area contributed by atoms with Gasteiger partial charge >= 0.3 is 0 Å². The van der Waals surface area contributed by atoms with Gasteiger partial charge in [0, 0.05) is 5.54 Å². The SMILES string of the molecule is CC(C)(C)NS(=O)(=O)c1ccc(F)cc1N. The lowest BCUT2D eigenvalue weighted by Crippen LogP contribution is -2.40. The number of rotatable bonds is 2. The number of hydrogen-bond acceptors (Lipinski definition) is 3. The van der Waals surface area contributed by atoms with Gasteiger partial charge in [0.1, 0.15) is 10.7 Å². The molecule has 90 valence electrons. The molecule has 6 heteroatoms. The van der Waals surface area contributed by atoms with Crippen LogP contribution in [0.1, 0.15) is 20.8 Å². The molecule has 0 bridgehead atoms. The zero-order valence-electron chi connectivity index (χ0n) is 9.41. The minimum Gasteiger partial charge on any atom is -0.398 e. The highest BCUT2D eigenvalue weighted by atomic mass is 32.2. The van der Waals surface area contributed by atoms with Crippen LogP contribution in [0.3, 0.4) is 0 Å². The zero-order chi connectivity index (χ0) is 12.6. The van der Waals surface area contributed by atoms with Crippen LogP contribution in [0.5, 0.6) is 0 Å². The molecule has 0 unspecified atom stereocenters. The molecule has 0 aliphatic carbocycles. The smallest absolute Gasteiger partial charge is 0.243 e. The molecule has 0 aromatic heterocycles. The van der Waals surface area contributed by atoms with Crippen LogP contribution in [-0.4, -0.2) is 14.0 Å². The molecule has 0 fully saturated rings. The molecule has 0 aliphatic rings. The van der Waals surface area contributed by atoms with E-state index < -0.39 is 21.4 Å². The molecule has 1 aromatic rings. The number of nitrogens with two attached hydrogens (primary N) is 1. The highest BCUT2D eigenvalue weighted by Crippen LogP contribution is 2.20. The summed E-state index contributed by atoms with van der Waals surface area (Å²) in [4.78, 5) is -0.108. The predicted molar refractivity (Wildman–Crippen MR) is 60.9 cm³/mol. The molecule has 0 heterocycles. The van der Waals surface area contributed by atoms with Crippen LogP contribution in [0.25, 0.3) is 0 Å². The maximum Gasteiger partial charge on any atom is 0.243 e. The van der Waals surface area contributed by atoms with Gasteiger partial charge in [0.25, 0.3) is 0 Å². The van der Waals surface area contributed by atoms with Crippen LogP contribution in [0.2, 0.25) is 0 Å². The number of nitrogen functional groups attached to an aromatic ring is 1. The fourth-order valence-electron chi connectivity index (χ4n) is 1.22. The van der Waals surface area contributed by atoms with Crippen LogP contribution in [0.15, 0.2) is 23.1 Å². The van der Waals surface area contributed by atoms with Gasteiger partial charge in [0.15, 0.2) is 0 Å². The first kappa shape index (κ1) is 12.9. The lowest BCUT2D eigenvalue weighted by atomic mass is 10.1. The summed E-state index contributed by atoms with van der Waals surface area (Å²) in [6.45, 7) is 5.14. The van der Waals surface area contributed by atoms with E-state index in [0.717, 1.165) is 18.2 Å². The van der Waals surface area contributed by atoms with Crippen LogP contribution in [0.4, 0.5) is 10.1 Å². The molecule has 0 spiro atoms. The van der Waals surface area contributed by atoms with E-state index in [0.29, 0.717) is 0 Å². The summed E-state index contributed by atoms with van der Waals surface area (Å²) < 4.78 is 39.0. The second-order valence-electron chi connectivity index (χ2n) is 4.54. The normalized spacial score (nSPS) is 12.8. The minimum atomic E-state index is -3.71. The van der Waals surface area contributed by atoms with Gasteiger partial charge in [0.05, 0.1) is 5.69 Å². The monoisotopic (exact) mass is 246 g/mol. The topological polar surface area (TPSA) is 72.2 Å². The molecule has 0 radical (unpaired) electrons. The molecule has 0 aliphatic heterocycles. The zero-order valence-corrected chi connectivity index (χ0v) is 10.2. The fraction of sp³-hybridized carbons (Fsp3) is 0.400. The summed E-state index contributed by atoms with van der Waals surface area (Å²) in [5, 5.41) is 0. The maximum atomic E-state index is 12.8. The van der Waals surface area contributed by atoms with Crippen molar-refractivity contribution in [2.24, 2.45) is 0 Å². The second-order valence-corrected chi connectivity index (χ2v) is 6.19. The minimum absolute atomic E-state index is 0.100. The van der Waals surface area contributed by atoms with E-state index in [4.69, 9.17) is 5.73 Å². The predicted octanol–water partition coefficient (Wildman–Crippen LogP) is 1.48. The molecular formula is C10H15FN2O2S. The highest BCUT2D eigenvalue weighted by Gasteiger charge is 2.23. The van der Waals surface area contributed by atoms with Crippen LogP contribution < -0.4 is 10.5 Å². The Hall–Kier alpha value is -1.14. The average molecular weight is 246 g/mol. The van der Waals surface area contributed by atoms with Crippen molar-refractivity contribution in [2.45, 2.75) is 31.2 Å². The molecule has 0 atom stereocenters. The number of halogens is 1. The Morgan fingerprint density at radius 1 is 1.31 bits per heavy atom. The Balaban J connectivity index is 3.18. The Morgan fingerprint density at radius 2 is 1.88 bits per heavy atom. The quantitative estimate of drug-likeness (QED) is 0.776. The summed E-state index contributed by atoms with van der Waals surface area (Å²) in [5.74, 6) is -0.563. The van der Waals surface area contributed by atoms with E-state index in [9.17, 15) is 12.8 Å². The van der Waals surface area contributed by atoms with Gasteiger partial charge in [-0.15, -0.1) is 0 Å². The van der Waals surface area contributed by atoms with Crippen molar-refractivity contribution in [2.75, 3.05) is 5.73 Å². The Labute approximate surface area is 94.7 Å². The van der Waals surface area contributed by atoms with E-state index in [-0.39, 0.29) is 10.6 Å². The van der Waals surface area contributed by atoms with Gasteiger partial charge in [-0.2, -0.15) is 0 Å². The number of nitrogens with one attached hydrogen (secondary N) is 1. The number of benzene rings is 1. The molecular weight excluding hydrogens is 231 g/mol. The fourth-order valence-corrected chi connectivity index (χ4v) is 2.75. The first-order chi connectivity index (χ1) is 7.12. The molecule has 1 rings (SSSR count). The first-order valence-corrected chi connectivity index (χ1v) is 6.19.